The average molecular weight is 568 g/mol. The molecule has 40 heavy (non-hydrogen) atoms. The van der Waals surface area contributed by atoms with Crippen molar-refractivity contribution in [3.05, 3.63) is 101 Å². The molecule has 0 aliphatic heterocycles. The average Bonchev–Trinajstić information content (AvgIpc) is 2.89. The van der Waals surface area contributed by atoms with Crippen LogP contribution in [-0.2, 0) is 32.6 Å². The second-order valence-electron chi connectivity index (χ2n) is 10.2. The number of nitrogens with zero attached hydrogens (tertiary/aromatic N) is 2. The van der Waals surface area contributed by atoms with Crippen molar-refractivity contribution < 1.29 is 22.4 Å². The number of carbonyl (C=O) groups excluding carboxylic acids is 2. The van der Waals surface area contributed by atoms with E-state index >= 15 is 0 Å². The summed E-state index contributed by atoms with van der Waals surface area (Å²) < 4.78 is 40.4. The van der Waals surface area contributed by atoms with Crippen molar-refractivity contribution in [1.29, 1.82) is 0 Å². The van der Waals surface area contributed by atoms with Crippen LogP contribution in [0.15, 0.2) is 78.9 Å². The Morgan fingerprint density at radius 1 is 0.925 bits per heavy atom. The van der Waals surface area contributed by atoms with E-state index in [0.29, 0.717) is 6.42 Å². The van der Waals surface area contributed by atoms with Crippen LogP contribution in [0, 0.1) is 12.7 Å². The molecule has 0 radical (unpaired) electrons. The topological polar surface area (TPSA) is 86.8 Å². The van der Waals surface area contributed by atoms with Gasteiger partial charge in [0.1, 0.15) is 11.9 Å². The van der Waals surface area contributed by atoms with Crippen LogP contribution in [0.1, 0.15) is 43.4 Å². The maximum absolute atomic E-state index is 14.4. The smallest absolute Gasteiger partial charge is 0.243 e. The van der Waals surface area contributed by atoms with E-state index in [2.05, 4.69) is 5.32 Å². The van der Waals surface area contributed by atoms with Crippen LogP contribution in [-0.4, -0.2) is 50.0 Å². The second-order valence-corrected chi connectivity index (χ2v) is 12.1. The maximum Gasteiger partial charge on any atom is 0.243 e. The number of anilines is 1. The lowest BCUT2D eigenvalue weighted by Gasteiger charge is -2.33. The number of hydrogen-bond acceptors (Lipinski definition) is 4. The highest BCUT2D eigenvalue weighted by molar-refractivity contribution is 7.92. The lowest BCUT2D eigenvalue weighted by Crippen LogP contribution is -2.52. The molecule has 0 unspecified atom stereocenters. The van der Waals surface area contributed by atoms with Crippen LogP contribution in [0.25, 0.3) is 0 Å². The van der Waals surface area contributed by atoms with Crippen LogP contribution in [0.5, 0.6) is 0 Å². The first-order chi connectivity index (χ1) is 19.0. The number of para-hydroxylation sites is 1. The molecule has 9 heteroatoms. The standard InChI is InChI=1S/C31H38FN3O4S/c1-23(2)33-31(37)29(21-25-14-6-5-7-15-25)34(22-26-16-9-8-13-24(26)3)30(36)19-12-20-35(40(4,38)39)28-18-11-10-17-27(28)32/h5-11,13-18,23,29H,12,19-22H2,1-4H3,(H,33,37)/t29-/m0/s1. The van der Waals surface area contributed by atoms with E-state index in [4.69, 9.17) is 0 Å². The number of sulfonamides is 1. The summed E-state index contributed by atoms with van der Waals surface area (Å²) in [6.45, 7) is 5.83. The van der Waals surface area contributed by atoms with Gasteiger partial charge in [-0.15, -0.1) is 0 Å². The quantitative estimate of drug-likeness (QED) is 0.320. The molecule has 0 aromatic heterocycles. The SMILES string of the molecule is Cc1ccccc1CN(C(=O)CCCN(c1ccccc1F)S(C)(=O)=O)[C@@H](Cc1ccccc1)C(=O)NC(C)C. The number of aryl methyl sites for hydroxylation is 1. The Bertz CT molecular complexity index is 1400. The fraction of sp³-hybridized carbons (Fsp3) is 0.355. The molecule has 3 aromatic rings. The summed E-state index contributed by atoms with van der Waals surface area (Å²) in [5.74, 6) is -1.20. The molecule has 0 fully saturated rings. The predicted molar refractivity (Wildman–Crippen MR) is 157 cm³/mol. The molecule has 1 N–H and O–H groups in total. The van der Waals surface area contributed by atoms with Crippen molar-refractivity contribution in [2.45, 2.75) is 58.7 Å². The number of rotatable bonds is 13. The van der Waals surface area contributed by atoms with Crippen molar-refractivity contribution >= 4 is 27.5 Å². The molecular formula is C31H38FN3O4S. The van der Waals surface area contributed by atoms with E-state index in [9.17, 15) is 22.4 Å². The summed E-state index contributed by atoms with van der Waals surface area (Å²) in [5, 5.41) is 2.96. The van der Waals surface area contributed by atoms with Crippen LogP contribution in [0.4, 0.5) is 10.1 Å². The number of carbonyl (C=O) groups is 2. The highest BCUT2D eigenvalue weighted by atomic mass is 32.2. The van der Waals surface area contributed by atoms with Crippen LogP contribution in [0.3, 0.4) is 0 Å². The van der Waals surface area contributed by atoms with Gasteiger partial charge in [-0.25, -0.2) is 12.8 Å². The first-order valence-corrected chi connectivity index (χ1v) is 15.2. The Morgan fingerprint density at radius 2 is 1.55 bits per heavy atom. The molecule has 0 bridgehead atoms. The fourth-order valence-electron chi connectivity index (χ4n) is 4.54. The van der Waals surface area contributed by atoms with Gasteiger partial charge in [-0.05, 0) is 56.0 Å². The maximum atomic E-state index is 14.4. The lowest BCUT2D eigenvalue weighted by molar-refractivity contribution is -0.141. The molecule has 214 valence electrons. The molecule has 0 aliphatic carbocycles. The van der Waals surface area contributed by atoms with Crippen LogP contribution < -0.4 is 9.62 Å². The Labute approximate surface area is 237 Å². The van der Waals surface area contributed by atoms with Gasteiger partial charge >= 0.3 is 0 Å². The normalized spacial score (nSPS) is 12.2. The zero-order valence-electron chi connectivity index (χ0n) is 23.5. The van der Waals surface area contributed by atoms with Gasteiger partial charge in [0.25, 0.3) is 0 Å². The van der Waals surface area contributed by atoms with Gasteiger partial charge in [-0.1, -0.05) is 66.7 Å². The largest absolute Gasteiger partial charge is 0.352 e. The first-order valence-electron chi connectivity index (χ1n) is 13.4. The predicted octanol–water partition coefficient (Wildman–Crippen LogP) is 4.85. The first kappa shape index (κ1) is 30.8. The van der Waals surface area contributed by atoms with Crippen molar-refractivity contribution in [2.75, 3.05) is 17.1 Å². The molecular weight excluding hydrogens is 529 g/mol. The molecule has 0 saturated heterocycles. The molecule has 0 aliphatic rings. The Kier molecular flexibility index (Phi) is 10.8. The van der Waals surface area contributed by atoms with E-state index in [1.807, 2.05) is 75.4 Å². The highest BCUT2D eigenvalue weighted by Crippen LogP contribution is 2.23. The minimum absolute atomic E-state index is 0.0212. The summed E-state index contributed by atoms with van der Waals surface area (Å²) in [5.41, 5.74) is 2.76. The number of hydrogen-bond donors (Lipinski definition) is 1. The van der Waals surface area contributed by atoms with Gasteiger partial charge < -0.3 is 10.2 Å². The van der Waals surface area contributed by atoms with Crippen molar-refractivity contribution in [1.82, 2.24) is 10.2 Å². The fourth-order valence-corrected chi connectivity index (χ4v) is 5.51. The molecule has 7 nitrogen and oxygen atoms in total. The van der Waals surface area contributed by atoms with E-state index in [-0.39, 0.29) is 49.5 Å². The summed E-state index contributed by atoms with van der Waals surface area (Å²) in [6.07, 6.45) is 1.46. The van der Waals surface area contributed by atoms with E-state index < -0.39 is 21.9 Å². The van der Waals surface area contributed by atoms with E-state index in [1.54, 1.807) is 11.0 Å². The van der Waals surface area contributed by atoms with Gasteiger partial charge in [0.05, 0.1) is 11.9 Å². The van der Waals surface area contributed by atoms with Gasteiger partial charge in [-0.2, -0.15) is 0 Å². The molecule has 3 rings (SSSR count). The molecule has 2 amide bonds. The summed E-state index contributed by atoms with van der Waals surface area (Å²) in [7, 11) is -3.79. The Hall–Kier alpha value is -3.72. The molecule has 0 spiro atoms. The van der Waals surface area contributed by atoms with E-state index in [1.165, 1.54) is 18.2 Å². The zero-order chi connectivity index (χ0) is 29.3. The van der Waals surface area contributed by atoms with Gasteiger partial charge in [0.2, 0.25) is 21.8 Å². The third-order valence-corrected chi connectivity index (χ3v) is 7.76. The Morgan fingerprint density at radius 3 is 2.17 bits per heavy atom. The van der Waals surface area contributed by atoms with Crippen molar-refractivity contribution in [3.8, 4) is 0 Å². The number of benzene rings is 3. The third kappa shape index (κ3) is 8.64. The zero-order valence-corrected chi connectivity index (χ0v) is 24.3. The molecule has 0 saturated carbocycles. The summed E-state index contributed by atoms with van der Waals surface area (Å²) in [4.78, 5) is 28.9. The Balaban J connectivity index is 1.90. The van der Waals surface area contributed by atoms with Crippen molar-refractivity contribution in [2.24, 2.45) is 0 Å². The second kappa shape index (κ2) is 14.1. The minimum Gasteiger partial charge on any atom is -0.352 e. The van der Waals surface area contributed by atoms with Gasteiger partial charge in [-0.3, -0.25) is 13.9 Å². The van der Waals surface area contributed by atoms with Crippen LogP contribution in [0.2, 0.25) is 0 Å². The van der Waals surface area contributed by atoms with Gasteiger partial charge in [0.15, 0.2) is 0 Å². The monoisotopic (exact) mass is 567 g/mol. The van der Waals surface area contributed by atoms with Gasteiger partial charge in [0, 0.05) is 32.0 Å². The molecule has 3 aromatic carbocycles. The number of nitrogens with one attached hydrogen (secondary N) is 1. The van der Waals surface area contributed by atoms with E-state index in [0.717, 1.165) is 27.3 Å². The number of amides is 2. The van der Waals surface area contributed by atoms with Crippen molar-refractivity contribution in [3.63, 3.8) is 0 Å². The summed E-state index contributed by atoms with van der Waals surface area (Å²) >= 11 is 0. The highest BCUT2D eigenvalue weighted by Gasteiger charge is 2.31. The number of halogens is 1. The lowest BCUT2D eigenvalue weighted by atomic mass is 10.0. The molecule has 0 heterocycles. The minimum atomic E-state index is -3.79. The summed E-state index contributed by atoms with van der Waals surface area (Å²) in [6, 6.07) is 22.0. The molecule has 1 atom stereocenters. The van der Waals surface area contributed by atoms with Crippen LogP contribution >= 0.6 is 0 Å². The third-order valence-electron chi connectivity index (χ3n) is 6.58.